The predicted octanol–water partition coefficient (Wildman–Crippen LogP) is 4.56. The van der Waals surface area contributed by atoms with E-state index < -0.39 is 32.8 Å². The number of rotatable bonds is 14. The van der Waals surface area contributed by atoms with Crippen LogP contribution in [-0.4, -0.2) is 55.8 Å². The molecule has 10 nitrogen and oxygen atoms in total. The van der Waals surface area contributed by atoms with E-state index in [2.05, 4.69) is 5.32 Å². The molecule has 2 aromatic carbocycles. The summed E-state index contributed by atoms with van der Waals surface area (Å²) in [6, 6.07) is 14.0. The summed E-state index contributed by atoms with van der Waals surface area (Å²) in [5.41, 5.74) is 1.75. The van der Waals surface area contributed by atoms with Crippen LogP contribution in [0, 0.1) is 10.1 Å². The summed E-state index contributed by atoms with van der Waals surface area (Å²) in [4.78, 5) is 24.3. The number of anilines is 2. The van der Waals surface area contributed by atoms with Crippen LogP contribution < -0.4 is 14.4 Å². The number of aliphatic hydroxyl groups is 1. The van der Waals surface area contributed by atoms with Crippen molar-refractivity contribution in [3.05, 3.63) is 81.2 Å². The number of nitro groups is 1. The van der Waals surface area contributed by atoms with Gasteiger partial charge in [0.15, 0.2) is 0 Å². The normalized spacial score (nSPS) is 12.1. The molecule has 1 heterocycles. The third kappa shape index (κ3) is 7.81. The van der Waals surface area contributed by atoms with Gasteiger partial charge in [0.05, 0.1) is 10.5 Å². The van der Waals surface area contributed by atoms with Crippen LogP contribution in [0.15, 0.2) is 60.0 Å². The van der Waals surface area contributed by atoms with E-state index in [0.717, 1.165) is 17.0 Å². The molecule has 0 saturated heterocycles. The molecule has 1 amide bonds. The Morgan fingerprint density at radius 3 is 2.26 bits per heavy atom. The number of thiophene rings is 1. The molecular formula is C24H25Cl2N3O7S2. The topological polar surface area (TPSA) is 139 Å². The van der Waals surface area contributed by atoms with E-state index in [-0.39, 0.29) is 22.7 Å². The highest BCUT2D eigenvalue weighted by Crippen LogP contribution is 2.38. The Labute approximate surface area is 234 Å². The van der Waals surface area contributed by atoms with Crippen LogP contribution in [-0.2, 0) is 21.3 Å². The molecule has 0 spiro atoms. The number of nitrogens with zero attached hydrogens (tertiary/aromatic N) is 2. The van der Waals surface area contributed by atoms with Crippen molar-refractivity contribution in [3.63, 3.8) is 0 Å². The minimum Gasteiger partial charge on any atom is -0.387 e. The van der Waals surface area contributed by atoms with E-state index in [1.807, 2.05) is 4.90 Å². The molecule has 204 valence electrons. The molecule has 0 fully saturated rings. The average Bonchev–Trinajstić information content (AvgIpc) is 3.38. The number of carbonyl (C=O) groups is 1. The third-order valence-electron chi connectivity index (χ3n) is 5.46. The lowest BCUT2D eigenvalue weighted by atomic mass is 10.1. The molecule has 0 aliphatic carbocycles. The molecule has 1 unspecified atom stereocenters. The number of alkyl halides is 2. The Morgan fingerprint density at radius 2 is 1.71 bits per heavy atom. The predicted molar refractivity (Wildman–Crippen MR) is 149 cm³/mol. The van der Waals surface area contributed by atoms with Crippen molar-refractivity contribution in [1.82, 2.24) is 0 Å². The Morgan fingerprint density at radius 1 is 1.08 bits per heavy atom. The SMILES string of the molecule is O=C(CO)Nc1ccc(CC(c2ccsc2[N+](=O)[O-])S(=O)(=O)Oc2ccc(N(CCCl)CCCl)cc2)cc1. The lowest BCUT2D eigenvalue weighted by Crippen LogP contribution is -2.27. The second-order valence-electron chi connectivity index (χ2n) is 7.97. The van der Waals surface area contributed by atoms with Crippen LogP contribution in [0.25, 0.3) is 0 Å². The first-order valence-corrected chi connectivity index (χ1v) is 14.7. The van der Waals surface area contributed by atoms with Gasteiger partial charge in [-0.1, -0.05) is 23.5 Å². The Kier molecular flexibility index (Phi) is 10.7. The smallest absolute Gasteiger partial charge is 0.328 e. The van der Waals surface area contributed by atoms with Gasteiger partial charge in [0, 0.05) is 36.2 Å². The maximum Gasteiger partial charge on any atom is 0.328 e. The first-order valence-electron chi connectivity index (χ1n) is 11.3. The van der Waals surface area contributed by atoms with E-state index in [4.69, 9.17) is 32.5 Å². The Hall–Kier alpha value is -2.90. The lowest BCUT2D eigenvalue weighted by Gasteiger charge is -2.23. The molecule has 3 aromatic rings. The minimum absolute atomic E-state index is 0.0182. The zero-order chi connectivity index (χ0) is 27.7. The summed E-state index contributed by atoms with van der Waals surface area (Å²) in [5.74, 6) is 0.231. The summed E-state index contributed by atoms with van der Waals surface area (Å²) in [6.45, 7) is 0.429. The molecule has 0 radical (unpaired) electrons. The first kappa shape index (κ1) is 29.7. The number of nitrogens with one attached hydrogen (secondary N) is 1. The molecule has 0 aliphatic heterocycles. The van der Waals surface area contributed by atoms with Gasteiger partial charge in [-0.25, -0.2) is 0 Å². The number of aliphatic hydroxyl groups excluding tert-OH is 1. The fraction of sp³-hybridized carbons (Fsp3) is 0.292. The quantitative estimate of drug-likeness (QED) is 0.119. The van der Waals surface area contributed by atoms with Crippen LogP contribution in [0.5, 0.6) is 5.75 Å². The van der Waals surface area contributed by atoms with Gasteiger partial charge in [0.25, 0.3) is 0 Å². The molecule has 1 atom stereocenters. The molecule has 2 N–H and O–H groups in total. The van der Waals surface area contributed by atoms with Crippen molar-refractivity contribution in [1.29, 1.82) is 0 Å². The van der Waals surface area contributed by atoms with Gasteiger partial charge in [-0.05, 0) is 59.8 Å². The van der Waals surface area contributed by atoms with Gasteiger partial charge in [0.1, 0.15) is 17.6 Å². The van der Waals surface area contributed by atoms with Crippen LogP contribution in [0.2, 0.25) is 0 Å². The van der Waals surface area contributed by atoms with Crippen LogP contribution in [0.1, 0.15) is 16.4 Å². The van der Waals surface area contributed by atoms with Gasteiger partial charge < -0.3 is 19.5 Å². The van der Waals surface area contributed by atoms with Crippen molar-refractivity contribution < 1.29 is 27.4 Å². The second kappa shape index (κ2) is 13.8. The van der Waals surface area contributed by atoms with Crippen molar-refractivity contribution in [2.24, 2.45) is 0 Å². The van der Waals surface area contributed by atoms with Gasteiger partial charge in [0.2, 0.25) is 5.91 Å². The number of halogens is 2. The van der Waals surface area contributed by atoms with Crippen molar-refractivity contribution in [3.8, 4) is 5.75 Å². The average molecular weight is 603 g/mol. The van der Waals surface area contributed by atoms with E-state index in [9.17, 15) is 23.3 Å². The van der Waals surface area contributed by atoms with Crippen LogP contribution in [0.4, 0.5) is 16.4 Å². The zero-order valence-corrected chi connectivity index (χ0v) is 23.1. The van der Waals surface area contributed by atoms with Gasteiger partial charge in [-0.15, -0.1) is 23.2 Å². The fourth-order valence-electron chi connectivity index (χ4n) is 3.69. The molecule has 38 heavy (non-hydrogen) atoms. The summed E-state index contributed by atoms with van der Waals surface area (Å²) in [6.07, 6.45) is -0.120. The number of hydrogen-bond acceptors (Lipinski definition) is 9. The summed E-state index contributed by atoms with van der Waals surface area (Å²) >= 11 is 12.5. The van der Waals surface area contributed by atoms with Gasteiger partial charge in [-0.3, -0.25) is 14.9 Å². The van der Waals surface area contributed by atoms with Gasteiger partial charge >= 0.3 is 15.1 Å². The van der Waals surface area contributed by atoms with Gasteiger partial charge in [-0.2, -0.15) is 8.42 Å². The Bertz CT molecular complexity index is 1330. The fourth-order valence-corrected chi connectivity index (χ4v) is 6.34. The maximum atomic E-state index is 13.5. The highest BCUT2D eigenvalue weighted by molar-refractivity contribution is 7.87. The highest BCUT2D eigenvalue weighted by atomic mass is 35.5. The number of carbonyl (C=O) groups excluding carboxylic acids is 1. The molecule has 14 heteroatoms. The number of benzene rings is 2. The summed E-state index contributed by atoms with van der Waals surface area (Å²) < 4.78 is 32.4. The van der Waals surface area contributed by atoms with E-state index in [1.54, 1.807) is 36.4 Å². The van der Waals surface area contributed by atoms with E-state index >= 15 is 0 Å². The monoisotopic (exact) mass is 601 g/mol. The maximum absolute atomic E-state index is 13.5. The van der Waals surface area contributed by atoms with E-state index in [0.29, 0.717) is 36.1 Å². The van der Waals surface area contributed by atoms with Crippen LogP contribution >= 0.6 is 34.5 Å². The zero-order valence-electron chi connectivity index (χ0n) is 20.0. The molecular weight excluding hydrogens is 577 g/mol. The highest BCUT2D eigenvalue weighted by Gasteiger charge is 2.36. The summed E-state index contributed by atoms with van der Waals surface area (Å²) in [7, 11) is -4.40. The first-order chi connectivity index (χ1) is 18.2. The standard InChI is InChI=1S/C24H25Cl2N3O7S2/c25-10-12-28(13-11-26)19-5-7-20(8-6-19)36-38(34,35)22(21-9-14-37-24(21)29(32)33)15-17-1-3-18(4-2-17)27-23(31)16-30/h1-9,14,22,30H,10-13,15-16H2,(H,27,31). The summed E-state index contributed by atoms with van der Waals surface area (Å²) in [5, 5.41) is 22.8. The molecule has 1 aromatic heterocycles. The van der Waals surface area contributed by atoms with Crippen LogP contribution in [0.3, 0.4) is 0 Å². The molecule has 0 bridgehead atoms. The van der Waals surface area contributed by atoms with Crippen molar-refractivity contribution in [2.75, 3.05) is 41.7 Å². The molecule has 3 rings (SSSR count). The molecule has 0 aliphatic rings. The third-order valence-corrected chi connectivity index (χ3v) is 8.22. The van der Waals surface area contributed by atoms with Crippen molar-refractivity contribution >= 4 is 66.9 Å². The van der Waals surface area contributed by atoms with Crippen molar-refractivity contribution in [2.45, 2.75) is 11.7 Å². The van der Waals surface area contributed by atoms with E-state index in [1.165, 1.54) is 23.6 Å². The minimum atomic E-state index is -4.40. The number of hydrogen-bond donors (Lipinski definition) is 2. The molecule has 0 saturated carbocycles. The Balaban J connectivity index is 1.89. The largest absolute Gasteiger partial charge is 0.387 e. The number of amides is 1. The lowest BCUT2D eigenvalue weighted by molar-refractivity contribution is -0.380. The second-order valence-corrected chi connectivity index (χ2v) is 11.3.